The maximum Gasteiger partial charge on any atom is 0.269 e. The second-order valence-electron chi connectivity index (χ2n) is 6.30. The minimum Gasteiger partial charge on any atom is -0.291 e. The van der Waals surface area contributed by atoms with Crippen molar-refractivity contribution < 1.29 is 9.72 Å². The molecule has 2 aromatic rings. The highest BCUT2D eigenvalue weighted by molar-refractivity contribution is 6.30. The third-order valence-electron chi connectivity index (χ3n) is 4.88. The summed E-state index contributed by atoms with van der Waals surface area (Å²) in [4.78, 5) is 27.4. The molecule has 128 valence electrons. The van der Waals surface area contributed by atoms with E-state index in [1.807, 2.05) is 12.1 Å². The van der Waals surface area contributed by atoms with Crippen molar-refractivity contribution in [1.29, 1.82) is 0 Å². The summed E-state index contributed by atoms with van der Waals surface area (Å²) in [6, 6.07) is 13.5. The lowest BCUT2D eigenvalue weighted by atomic mass is 10.1. The smallest absolute Gasteiger partial charge is 0.269 e. The van der Waals surface area contributed by atoms with Crippen LogP contribution in [-0.2, 0) is 4.79 Å². The molecule has 4 rings (SSSR count). The normalized spacial score (nSPS) is 23.1. The number of carbonyl (C=O) groups excluding carboxylic acids is 1. The number of hydrogen-bond acceptors (Lipinski definition) is 4. The van der Waals surface area contributed by atoms with Gasteiger partial charge in [-0.3, -0.25) is 24.7 Å². The summed E-state index contributed by atoms with van der Waals surface area (Å²) in [7, 11) is 0. The van der Waals surface area contributed by atoms with E-state index in [9.17, 15) is 14.9 Å². The Morgan fingerprint density at radius 1 is 1.08 bits per heavy atom. The molecular weight excluding hydrogens is 342 g/mol. The largest absolute Gasteiger partial charge is 0.291 e. The van der Waals surface area contributed by atoms with Gasteiger partial charge in [0.2, 0.25) is 5.91 Å². The predicted molar refractivity (Wildman–Crippen MR) is 94.5 cm³/mol. The predicted octanol–water partition coefficient (Wildman–Crippen LogP) is 3.76. The first-order chi connectivity index (χ1) is 12.1. The van der Waals surface area contributed by atoms with E-state index in [2.05, 4.69) is 4.90 Å². The van der Waals surface area contributed by atoms with E-state index in [4.69, 9.17) is 11.6 Å². The quantitative estimate of drug-likeness (QED) is 0.619. The molecule has 0 radical (unpaired) electrons. The van der Waals surface area contributed by atoms with Gasteiger partial charge in [-0.25, -0.2) is 0 Å². The Hall–Kier alpha value is -2.44. The van der Waals surface area contributed by atoms with Crippen molar-refractivity contribution >= 4 is 28.9 Å². The summed E-state index contributed by atoms with van der Waals surface area (Å²) < 4.78 is 0. The van der Waals surface area contributed by atoms with Gasteiger partial charge in [-0.05, 0) is 54.8 Å². The fraction of sp³-hybridized carbons (Fsp3) is 0.278. The minimum atomic E-state index is -0.417. The summed E-state index contributed by atoms with van der Waals surface area (Å²) in [5.74, 6) is 0.0724. The number of halogens is 1. The molecule has 0 unspecified atom stereocenters. The van der Waals surface area contributed by atoms with Crippen molar-refractivity contribution in [1.82, 2.24) is 4.90 Å². The van der Waals surface area contributed by atoms with Gasteiger partial charge in [-0.15, -0.1) is 0 Å². The maximum absolute atomic E-state index is 13.0. The zero-order chi connectivity index (χ0) is 17.6. The van der Waals surface area contributed by atoms with Crippen molar-refractivity contribution in [2.45, 2.75) is 25.0 Å². The highest BCUT2D eigenvalue weighted by atomic mass is 35.5. The second-order valence-corrected chi connectivity index (χ2v) is 6.74. The van der Waals surface area contributed by atoms with Crippen molar-refractivity contribution in [3.05, 3.63) is 69.2 Å². The monoisotopic (exact) mass is 357 g/mol. The van der Waals surface area contributed by atoms with Crippen LogP contribution in [0, 0.1) is 10.1 Å². The number of benzene rings is 2. The second kappa shape index (κ2) is 6.13. The molecule has 0 spiro atoms. The third-order valence-corrected chi connectivity index (χ3v) is 5.13. The van der Waals surface area contributed by atoms with Crippen LogP contribution in [0.25, 0.3) is 0 Å². The number of anilines is 1. The molecule has 6 nitrogen and oxygen atoms in total. The SMILES string of the molecule is O=C1[C@H]2CCCN2[C@@H](c2ccc([N+](=O)[O-])cc2)N1c1ccc(Cl)cc1. The molecule has 2 fully saturated rings. The maximum atomic E-state index is 13.0. The highest BCUT2D eigenvalue weighted by Gasteiger charge is 2.49. The zero-order valence-corrected chi connectivity index (χ0v) is 14.1. The minimum absolute atomic E-state index is 0.0455. The number of nitro benzene ring substituents is 1. The lowest BCUT2D eigenvalue weighted by Gasteiger charge is -2.29. The number of rotatable bonds is 3. The van der Waals surface area contributed by atoms with Crippen LogP contribution in [0.1, 0.15) is 24.6 Å². The highest BCUT2D eigenvalue weighted by Crippen LogP contribution is 2.42. The number of non-ortho nitro benzene ring substituents is 1. The van der Waals surface area contributed by atoms with Crippen molar-refractivity contribution in [3.63, 3.8) is 0 Å². The van der Waals surface area contributed by atoms with Crippen LogP contribution >= 0.6 is 11.6 Å². The molecule has 2 atom stereocenters. The summed E-state index contributed by atoms with van der Waals surface area (Å²) in [6.45, 7) is 0.835. The van der Waals surface area contributed by atoms with Gasteiger partial charge >= 0.3 is 0 Å². The molecule has 2 aliphatic heterocycles. The Kier molecular flexibility index (Phi) is 3.94. The molecule has 0 saturated carbocycles. The van der Waals surface area contributed by atoms with Gasteiger partial charge in [0.05, 0.1) is 11.0 Å². The van der Waals surface area contributed by atoms with E-state index in [-0.39, 0.29) is 23.8 Å². The first-order valence-electron chi connectivity index (χ1n) is 8.15. The Morgan fingerprint density at radius 2 is 1.76 bits per heavy atom. The van der Waals surface area contributed by atoms with E-state index in [1.165, 1.54) is 12.1 Å². The third kappa shape index (κ3) is 2.67. The number of amides is 1. The van der Waals surface area contributed by atoms with E-state index in [0.29, 0.717) is 5.02 Å². The standard InChI is InChI=1S/C18H16ClN3O3/c19-13-5-9-14(10-6-13)21-17(20-11-1-2-16(20)18(21)23)12-3-7-15(8-4-12)22(24)25/h3-10,16-17H,1-2,11H2/t16-,17-/m1/s1. The summed E-state index contributed by atoms with van der Waals surface area (Å²) >= 11 is 5.97. The van der Waals surface area contributed by atoms with E-state index < -0.39 is 4.92 Å². The number of carbonyl (C=O) groups is 1. The van der Waals surface area contributed by atoms with Crippen LogP contribution in [0.4, 0.5) is 11.4 Å². The Bertz CT molecular complexity index is 822. The van der Waals surface area contributed by atoms with Gasteiger partial charge in [-0.2, -0.15) is 0 Å². The molecular formula is C18H16ClN3O3. The molecule has 0 N–H and O–H groups in total. The molecule has 2 aromatic carbocycles. The average Bonchev–Trinajstić information content (AvgIpc) is 3.18. The van der Waals surface area contributed by atoms with Crippen LogP contribution < -0.4 is 4.90 Å². The van der Waals surface area contributed by atoms with Crippen molar-refractivity contribution in [3.8, 4) is 0 Å². The molecule has 7 heteroatoms. The molecule has 25 heavy (non-hydrogen) atoms. The average molecular weight is 358 g/mol. The van der Waals surface area contributed by atoms with E-state index >= 15 is 0 Å². The van der Waals surface area contributed by atoms with Crippen LogP contribution in [0.2, 0.25) is 5.02 Å². The molecule has 2 heterocycles. The fourth-order valence-electron chi connectivity index (χ4n) is 3.76. The van der Waals surface area contributed by atoms with E-state index in [0.717, 1.165) is 30.6 Å². The first-order valence-corrected chi connectivity index (χ1v) is 8.53. The Balaban J connectivity index is 1.76. The number of hydrogen-bond donors (Lipinski definition) is 0. The van der Waals surface area contributed by atoms with Crippen molar-refractivity contribution in [2.75, 3.05) is 11.4 Å². The lowest BCUT2D eigenvalue weighted by molar-refractivity contribution is -0.384. The molecule has 1 amide bonds. The molecule has 0 bridgehead atoms. The van der Waals surface area contributed by atoms with Gasteiger partial charge in [-0.1, -0.05) is 11.6 Å². The first kappa shape index (κ1) is 16.1. The van der Waals surface area contributed by atoms with Gasteiger partial charge < -0.3 is 0 Å². The van der Waals surface area contributed by atoms with Gasteiger partial charge in [0, 0.05) is 29.4 Å². The lowest BCUT2D eigenvalue weighted by Crippen LogP contribution is -2.32. The summed E-state index contributed by atoms with van der Waals surface area (Å²) in [5.41, 5.74) is 1.70. The Morgan fingerprint density at radius 3 is 2.40 bits per heavy atom. The van der Waals surface area contributed by atoms with Crippen molar-refractivity contribution in [2.24, 2.45) is 0 Å². The number of fused-ring (bicyclic) bond motifs is 1. The van der Waals surface area contributed by atoms with Crippen LogP contribution in [0.5, 0.6) is 0 Å². The van der Waals surface area contributed by atoms with Gasteiger partial charge in [0.25, 0.3) is 5.69 Å². The molecule has 2 aliphatic rings. The van der Waals surface area contributed by atoms with Crippen LogP contribution in [0.15, 0.2) is 48.5 Å². The van der Waals surface area contributed by atoms with Crippen LogP contribution in [-0.4, -0.2) is 28.3 Å². The summed E-state index contributed by atoms with van der Waals surface area (Å²) in [5, 5.41) is 11.5. The topological polar surface area (TPSA) is 66.7 Å². The van der Waals surface area contributed by atoms with Crippen LogP contribution in [0.3, 0.4) is 0 Å². The molecule has 0 aromatic heterocycles. The zero-order valence-electron chi connectivity index (χ0n) is 13.3. The van der Waals surface area contributed by atoms with E-state index in [1.54, 1.807) is 29.2 Å². The summed E-state index contributed by atoms with van der Waals surface area (Å²) in [6.07, 6.45) is 1.57. The Labute approximate surface area is 149 Å². The fourth-order valence-corrected chi connectivity index (χ4v) is 3.88. The number of nitrogens with zero attached hydrogens (tertiary/aromatic N) is 3. The molecule has 0 aliphatic carbocycles. The van der Waals surface area contributed by atoms with Gasteiger partial charge in [0.15, 0.2) is 0 Å². The number of nitro groups is 1. The molecule has 2 saturated heterocycles. The van der Waals surface area contributed by atoms with Gasteiger partial charge in [0.1, 0.15) is 6.17 Å².